The van der Waals surface area contributed by atoms with Gasteiger partial charge in [-0.3, -0.25) is 0 Å². The van der Waals surface area contributed by atoms with Crippen LogP contribution >= 0.6 is 0 Å². The van der Waals surface area contributed by atoms with Gasteiger partial charge in [0.25, 0.3) is 0 Å². The van der Waals surface area contributed by atoms with Crippen LogP contribution in [0.25, 0.3) is 0 Å². The smallest absolute Gasteiger partial charge is 0.187 e. The highest BCUT2D eigenvalue weighted by atomic mass is 16.8. The van der Waals surface area contributed by atoms with E-state index in [0.717, 1.165) is 12.0 Å². The number of aliphatic hydroxyl groups excluding tert-OH is 11. The molecule has 19 nitrogen and oxygen atoms in total. The van der Waals surface area contributed by atoms with Crippen LogP contribution < -0.4 is 0 Å². The number of hydrogen-bond acceptors (Lipinski definition) is 19. The van der Waals surface area contributed by atoms with E-state index in [0.29, 0.717) is 32.1 Å². The predicted octanol–water partition coefficient (Wildman–Crippen LogP) is -1.60. The minimum atomic E-state index is -1.68. The van der Waals surface area contributed by atoms with Crippen molar-refractivity contribution in [3.8, 4) is 0 Å². The summed E-state index contributed by atoms with van der Waals surface area (Å²) >= 11 is 0. The normalized spacial score (nSPS) is 55.5. The first-order chi connectivity index (χ1) is 30.2. The van der Waals surface area contributed by atoms with Gasteiger partial charge in [-0.2, -0.15) is 0 Å². The third-order valence-electron chi connectivity index (χ3n) is 17.3. The van der Waals surface area contributed by atoms with Gasteiger partial charge in [-0.05, 0) is 74.0 Å². The second-order valence-corrected chi connectivity index (χ2v) is 21.0. The molecule has 8 rings (SSSR count). The molecule has 0 unspecified atom stereocenters. The van der Waals surface area contributed by atoms with E-state index in [2.05, 4.69) is 26.8 Å². The second kappa shape index (κ2) is 18.7. The van der Waals surface area contributed by atoms with Crippen molar-refractivity contribution < 1.29 is 94.1 Å². The van der Waals surface area contributed by atoms with Gasteiger partial charge in [0.15, 0.2) is 24.7 Å². The lowest BCUT2D eigenvalue weighted by molar-refractivity contribution is -0.363. The van der Waals surface area contributed by atoms with E-state index in [9.17, 15) is 56.2 Å². The van der Waals surface area contributed by atoms with Gasteiger partial charge < -0.3 is 94.1 Å². The molecule has 0 aromatic heterocycles. The Balaban J connectivity index is 0.966. The molecule has 0 aromatic carbocycles. The van der Waals surface area contributed by atoms with Crippen LogP contribution in [0.4, 0.5) is 0 Å². The molecule has 368 valence electrons. The quantitative estimate of drug-likeness (QED) is 0.0984. The largest absolute Gasteiger partial charge is 0.394 e. The number of fused-ring (bicyclic) bond motifs is 7. The Morgan fingerprint density at radius 1 is 0.797 bits per heavy atom. The molecule has 4 aliphatic carbocycles. The summed E-state index contributed by atoms with van der Waals surface area (Å²) in [6.07, 6.45) is -16.0. The van der Waals surface area contributed by atoms with E-state index in [1.807, 2.05) is 6.92 Å². The first kappa shape index (κ1) is 49.4. The Hall–Kier alpha value is -1.02. The zero-order valence-electron chi connectivity index (χ0n) is 37.7. The lowest BCUT2D eigenvalue weighted by Gasteiger charge is -2.62. The van der Waals surface area contributed by atoms with E-state index < -0.39 is 122 Å². The van der Waals surface area contributed by atoms with Crippen molar-refractivity contribution in [3.63, 3.8) is 0 Å². The fourth-order valence-corrected chi connectivity index (χ4v) is 13.8. The summed E-state index contributed by atoms with van der Waals surface area (Å²) in [5.74, 6) is -1.04. The average molecular weight is 919 g/mol. The molecule has 19 heteroatoms. The van der Waals surface area contributed by atoms with Gasteiger partial charge in [0.2, 0.25) is 0 Å². The highest BCUT2D eigenvalue weighted by Gasteiger charge is 2.71. The van der Waals surface area contributed by atoms with Crippen molar-refractivity contribution in [2.75, 3.05) is 26.9 Å². The fraction of sp³-hybridized carbons (Fsp3) is 0.956. The summed E-state index contributed by atoms with van der Waals surface area (Å²) in [4.78, 5) is 0. The number of ether oxygens (including phenoxy) is 8. The van der Waals surface area contributed by atoms with Crippen LogP contribution in [0.2, 0.25) is 0 Å². The summed E-state index contributed by atoms with van der Waals surface area (Å²) in [6.45, 7) is 9.33. The number of methoxy groups -OCH3 is 1. The summed E-state index contributed by atoms with van der Waals surface area (Å²) < 4.78 is 49.1. The molecule has 0 spiro atoms. The van der Waals surface area contributed by atoms with Gasteiger partial charge >= 0.3 is 0 Å². The minimum absolute atomic E-state index is 0.0219. The first-order valence-corrected chi connectivity index (χ1v) is 23.4. The number of rotatable bonds is 12. The van der Waals surface area contributed by atoms with Gasteiger partial charge in [0, 0.05) is 31.3 Å². The molecule has 64 heavy (non-hydrogen) atoms. The standard InChI is InChI=1S/C45H74O19/c1-18(16-58-40-37(55)36(54)34(52)28(15-46)61-40)9-10-45(57-6)19(2)30-27(64-45)13-24-23-8-7-21-11-22(47)12-29(44(21,5)31(23)25(48)14-43(24,30)4)62-42-39(33(51)26(49)17-59-42)63-41-38(56)35(53)32(50)20(3)60-41/h7,18-20,22-42,46-56H,8-17H2,1-6H3/t18-,19+,20+,22-,23+,24+,25-,26+,27+,28-,29-,30+,31-,32+,33+,34-,35-,36+,37-,38-,39-,40-,41-,42-,43+,44-,45-/m1/s1. The van der Waals surface area contributed by atoms with Crippen molar-refractivity contribution >= 4 is 0 Å². The Morgan fingerprint density at radius 2 is 1.50 bits per heavy atom. The monoisotopic (exact) mass is 918 g/mol. The summed E-state index contributed by atoms with van der Waals surface area (Å²) in [5, 5.41) is 118. The van der Waals surface area contributed by atoms with E-state index in [4.69, 9.17) is 37.9 Å². The topological polar surface area (TPSA) is 296 Å². The number of hydrogen-bond donors (Lipinski definition) is 11. The first-order valence-electron chi connectivity index (χ1n) is 23.4. The molecule has 0 bridgehead atoms. The fourth-order valence-electron chi connectivity index (χ4n) is 13.8. The Bertz CT molecular complexity index is 1640. The molecule has 27 atom stereocenters. The zero-order chi connectivity index (χ0) is 46.4. The Morgan fingerprint density at radius 3 is 2.20 bits per heavy atom. The zero-order valence-corrected chi connectivity index (χ0v) is 37.7. The van der Waals surface area contributed by atoms with Crippen molar-refractivity contribution in [1.82, 2.24) is 0 Å². The van der Waals surface area contributed by atoms with E-state index in [1.54, 1.807) is 7.11 Å². The molecule has 8 aliphatic rings. The van der Waals surface area contributed by atoms with Crippen LogP contribution in [0.3, 0.4) is 0 Å². The maximum Gasteiger partial charge on any atom is 0.187 e. The molecule has 4 heterocycles. The van der Waals surface area contributed by atoms with Crippen molar-refractivity contribution in [3.05, 3.63) is 11.6 Å². The molecule has 0 aromatic rings. The highest BCUT2D eigenvalue weighted by Crippen LogP contribution is 2.70. The second-order valence-electron chi connectivity index (χ2n) is 21.0. The van der Waals surface area contributed by atoms with E-state index in [1.165, 1.54) is 6.92 Å². The molecule has 4 aliphatic heterocycles. The molecule has 0 radical (unpaired) electrons. The van der Waals surface area contributed by atoms with Crippen LogP contribution in [0.1, 0.15) is 79.6 Å². The Kier molecular flexibility index (Phi) is 14.4. The van der Waals surface area contributed by atoms with Gasteiger partial charge in [-0.15, -0.1) is 0 Å². The van der Waals surface area contributed by atoms with Crippen LogP contribution in [0.15, 0.2) is 11.6 Å². The molecular weight excluding hydrogens is 844 g/mol. The summed E-state index contributed by atoms with van der Waals surface area (Å²) in [7, 11) is 1.66. The van der Waals surface area contributed by atoms with E-state index in [-0.39, 0.29) is 66.7 Å². The summed E-state index contributed by atoms with van der Waals surface area (Å²) in [6, 6.07) is 0. The van der Waals surface area contributed by atoms with Gasteiger partial charge in [0.1, 0.15) is 61.0 Å². The molecular formula is C45H74O19. The molecule has 3 saturated carbocycles. The highest BCUT2D eigenvalue weighted by molar-refractivity contribution is 5.30. The summed E-state index contributed by atoms with van der Waals surface area (Å²) in [5.41, 5.74) is -0.143. The van der Waals surface area contributed by atoms with Crippen LogP contribution in [-0.2, 0) is 37.9 Å². The van der Waals surface area contributed by atoms with Crippen molar-refractivity contribution in [2.24, 2.45) is 46.3 Å². The molecule has 4 saturated heterocycles. The van der Waals surface area contributed by atoms with Crippen LogP contribution in [0.5, 0.6) is 0 Å². The minimum Gasteiger partial charge on any atom is -0.394 e. The third-order valence-corrected chi connectivity index (χ3v) is 17.3. The molecule has 0 amide bonds. The van der Waals surface area contributed by atoms with Crippen molar-refractivity contribution in [2.45, 2.75) is 196 Å². The van der Waals surface area contributed by atoms with Gasteiger partial charge in [-0.25, -0.2) is 0 Å². The van der Waals surface area contributed by atoms with E-state index >= 15 is 0 Å². The van der Waals surface area contributed by atoms with Crippen molar-refractivity contribution in [1.29, 1.82) is 0 Å². The lowest BCUT2D eigenvalue weighted by Crippen LogP contribution is -2.64. The van der Waals surface area contributed by atoms with Crippen LogP contribution in [0, 0.1) is 46.3 Å². The number of allylic oxidation sites excluding steroid dienone is 1. The maximum absolute atomic E-state index is 12.6. The number of aliphatic hydroxyl groups is 11. The lowest BCUT2D eigenvalue weighted by atomic mass is 9.45. The molecule has 7 fully saturated rings. The Labute approximate surface area is 374 Å². The van der Waals surface area contributed by atoms with Gasteiger partial charge in [-0.1, -0.05) is 39.3 Å². The third kappa shape index (κ3) is 8.26. The predicted molar refractivity (Wildman–Crippen MR) is 219 cm³/mol. The maximum atomic E-state index is 12.6. The molecule has 11 N–H and O–H groups in total. The van der Waals surface area contributed by atoms with Gasteiger partial charge in [0.05, 0.1) is 50.3 Å². The average Bonchev–Trinajstić information content (AvgIpc) is 3.71. The SMILES string of the molecule is CO[C@]1(CC[C@@H](C)CO[C@@H]2O[C@H](CO)[C@@H](O)[C@H](O)[C@H]2O)O[C@H]2C[C@H]3[C@@H]4CC=C5C[C@@H](O)C[C@@H](O[C@H]6OC[C@H](O)[C@H](O)[C@H]6O[C@H]6O[C@@H](C)[C@H](O)[C@@H](O)[C@H]6O)[C@]5(C)[C@H]4[C@H](O)C[C@]3(C)[C@H]2[C@@H]1C. The van der Waals surface area contributed by atoms with Crippen LogP contribution in [-0.4, -0.2) is 199 Å².